The van der Waals surface area contributed by atoms with E-state index in [9.17, 15) is 4.79 Å². The van der Waals surface area contributed by atoms with E-state index in [0.717, 1.165) is 37.2 Å². The van der Waals surface area contributed by atoms with Gasteiger partial charge in [0.25, 0.3) is 5.91 Å². The first-order valence-electron chi connectivity index (χ1n) is 6.75. The zero-order chi connectivity index (χ0) is 12.7. The fourth-order valence-electron chi connectivity index (χ4n) is 2.94. The topological polar surface area (TPSA) is 59.0 Å². The Kier molecular flexibility index (Phi) is 2.86. The first kappa shape index (κ1) is 11.7. The summed E-state index contributed by atoms with van der Waals surface area (Å²) in [6, 6.07) is 2.32. The van der Waals surface area contributed by atoms with Gasteiger partial charge in [0.1, 0.15) is 5.69 Å². The lowest BCUT2D eigenvalue weighted by molar-refractivity contribution is 0.0938. The average Bonchev–Trinajstić information content (AvgIpc) is 2.88. The van der Waals surface area contributed by atoms with Crippen LogP contribution in [0, 0.1) is 18.8 Å². The molecule has 1 aromatic rings. The van der Waals surface area contributed by atoms with E-state index >= 15 is 0 Å². The number of aromatic nitrogens is 2. The van der Waals surface area contributed by atoms with Crippen LogP contribution in [-0.4, -0.2) is 34.8 Å². The molecule has 98 valence electrons. The van der Waals surface area contributed by atoms with Crippen molar-refractivity contribution in [3.8, 4) is 0 Å². The van der Waals surface area contributed by atoms with Crippen LogP contribution in [0.2, 0.25) is 0 Å². The number of carbonyl (C=O) groups excluding carboxylic acids is 1. The predicted octanol–water partition coefficient (Wildman–Crippen LogP) is 0.549. The van der Waals surface area contributed by atoms with Gasteiger partial charge in [-0.1, -0.05) is 0 Å². The van der Waals surface area contributed by atoms with Crippen molar-refractivity contribution in [3.05, 3.63) is 17.5 Å². The number of carbonyl (C=O) groups is 1. The van der Waals surface area contributed by atoms with Crippen LogP contribution in [0.5, 0.6) is 0 Å². The lowest BCUT2D eigenvalue weighted by Gasteiger charge is -2.14. The smallest absolute Gasteiger partial charge is 0.269 e. The molecule has 1 aromatic heterocycles. The van der Waals surface area contributed by atoms with Crippen molar-refractivity contribution in [2.75, 3.05) is 13.1 Å². The number of aryl methyl sites for hydroxylation is 2. The number of fused-ring (bicyclic) bond motifs is 1. The van der Waals surface area contributed by atoms with Crippen LogP contribution in [0.15, 0.2) is 6.07 Å². The van der Waals surface area contributed by atoms with Gasteiger partial charge in [-0.3, -0.25) is 9.48 Å². The molecular weight excluding hydrogens is 228 g/mol. The normalized spacial score (nSPS) is 29.1. The molecule has 0 aromatic carbocycles. The van der Waals surface area contributed by atoms with Gasteiger partial charge >= 0.3 is 0 Å². The predicted molar refractivity (Wildman–Crippen MR) is 68.4 cm³/mol. The molecule has 2 heterocycles. The van der Waals surface area contributed by atoms with Gasteiger partial charge < -0.3 is 10.6 Å². The molecule has 1 aliphatic heterocycles. The van der Waals surface area contributed by atoms with Gasteiger partial charge in [-0.15, -0.1) is 0 Å². The van der Waals surface area contributed by atoms with Crippen LogP contribution in [-0.2, 0) is 6.54 Å². The second-order valence-electron chi connectivity index (χ2n) is 5.37. The quantitative estimate of drug-likeness (QED) is 0.818. The Bertz CT molecular complexity index is 468. The van der Waals surface area contributed by atoms with Crippen LogP contribution >= 0.6 is 0 Å². The van der Waals surface area contributed by atoms with Gasteiger partial charge in [-0.05, 0) is 44.7 Å². The maximum Gasteiger partial charge on any atom is 0.269 e. The minimum absolute atomic E-state index is 0.0108. The van der Waals surface area contributed by atoms with Crippen molar-refractivity contribution >= 4 is 5.91 Å². The monoisotopic (exact) mass is 248 g/mol. The fourth-order valence-corrected chi connectivity index (χ4v) is 2.94. The molecule has 3 rings (SSSR count). The van der Waals surface area contributed by atoms with Crippen molar-refractivity contribution < 1.29 is 4.79 Å². The SMILES string of the molecule is CCn1nc(C)cc1C(=O)NC[C@H]1NC[C@@H]2C[C@@H]21. The first-order chi connectivity index (χ1) is 8.69. The summed E-state index contributed by atoms with van der Waals surface area (Å²) in [4.78, 5) is 12.1. The lowest BCUT2D eigenvalue weighted by atomic mass is 10.2. The number of amides is 1. The summed E-state index contributed by atoms with van der Waals surface area (Å²) < 4.78 is 1.76. The molecule has 0 radical (unpaired) electrons. The van der Waals surface area contributed by atoms with Crippen LogP contribution in [0.3, 0.4) is 0 Å². The molecule has 5 heteroatoms. The van der Waals surface area contributed by atoms with Gasteiger partial charge in [0.05, 0.1) is 5.69 Å². The standard InChI is InChI=1S/C13H20N4O/c1-3-17-12(4-8(2)16-17)13(18)15-7-11-10-5-9(10)6-14-11/h4,9-11,14H,3,5-7H2,1-2H3,(H,15,18)/t9-,10-,11+/m0/s1. The summed E-state index contributed by atoms with van der Waals surface area (Å²) in [5.41, 5.74) is 1.56. The van der Waals surface area contributed by atoms with Crippen LogP contribution in [0.25, 0.3) is 0 Å². The van der Waals surface area contributed by atoms with Crippen molar-refractivity contribution in [2.45, 2.75) is 32.9 Å². The molecule has 5 nitrogen and oxygen atoms in total. The number of nitrogens with zero attached hydrogens (tertiary/aromatic N) is 2. The highest BCUT2D eigenvalue weighted by Gasteiger charge is 2.47. The molecule has 2 aliphatic rings. The zero-order valence-corrected chi connectivity index (χ0v) is 10.9. The third-order valence-electron chi connectivity index (χ3n) is 4.05. The van der Waals surface area contributed by atoms with Crippen LogP contribution in [0.4, 0.5) is 0 Å². The number of hydrogen-bond donors (Lipinski definition) is 2. The Morgan fingerprint density at radius 2 is 2.50 bits per heavy atom. The second-order valence-corrected chi connectivity index (χ2v) is 5.37. The third kappa shape index (κ3) is 2.03. The van der Waals surface area contributed by atoms with E-state index in [1.165, 1.54) is 6.42 Å². The number of nitrogens with one attached hydrogen (secondary N) is 2. The summed E-state index contributed by atoms with van der Waals surface area (Å²) in [5.74, 6) is 1.65. The van der Waals surface area contributed by atoms with Crippen molar-refractivity contribution in [2.24, 2.45) is 11.8 Å². The number of rotatable bonds is 4. The van der Waals surface area contributed by atoms with Gasteiger partial charge in [-0.25, -0.2) is 0 Å². The summed E-state index contributed by atoms with van der Waals surface area (Å²) in [7, 11) is 0. The Balaban J connectivity index is 1.60. The summed E-state index contributed by atoms with van der Waals surface area (Å²) in [6.45, 7) is 6.49. The molecule has 1 saturated carbocycles. The first-order valence-corrected chi connectivity index (χ1v) is 6.75. The van der Waals surface area contributed by atoms with E-state index < -0.39 is 0 Å². The van der Waals surface area contributed by atoms with Crippen LogP contribution in [0.1, 0.15) is 29.5 Å². The Morgan fingerprint density at radius 1 is 1.67 bits per heavy atom. The van der Waals surface area contributed by atoms with Gasteiger partial charge in [0.15, 0.2) is 0 Å². The zero-order valence-electron chi connectivity index (χ0n) is 10.9. The second kappa shape index (κ2) is 4.39. The minimum atomic E-state index is -0.0108. The van der Waals surface area contributed by atoms with Crippen molar-refractivity contribution in [3.63, 3.8) is 0 Å². The highest BCUT2D eigenvalue weighted by atomic mass is 16.2. The highest BCUT2D eigenvalue weighted by molar-refractivity contribution is 5.92. The molecular formula is C13H20N4O. The van der Waals surface area contributed by atoms with Crippen molar-refractivity contribution in [1.82, 2.24) is 20.4 Å². The number of hydrogen-bond acceptors (Lipinski definition) is 3. The molecule has 2 N–H and O–H groups in total. The van der Waals surface area contributed by atoms with E-state index in [-0.39, 0.29) is 5.91 Å². The van der Waals surface area contributed by atoms with Crippen LogP contribution < -0.4 is 10.6 Å². The third-order valence-corrected chi connectivity index (χ3v) is 4.05. The summed E-state index contributed by atoms with van der Waals surface area (Å²) in [5, 5.41) is 10.8. The Labute approximate surface area is 107 Å². The maximum atomic E-state index is 12.1. The molecule has 1 amide bonds. The van der Waals surface area contributed by atoms with E-state index in [2.05, 4.69) is 15.7 Å². The fraction of sp³-hybridized carbons (Fsp3) is 0.692. The lowest BCUT2D eigenvalue weighted by Crippen LogP contribution is -2.40. The van der Waals surface area contributed by atoms with Gasteiger partial charge in [0.2, 0.25) is 0 Å². The van der Waals surface area contributed by atoms with E-state index in [1.54, 1.807) is 4.68 Å². The molecule has 0 bridgehead atoms. The van der Waals surface area contributed by atoms with Crippen molar-refractivity contribution in [1.29, 1.82) is 0 Å². The molecule has 0 unspecified atom stereocenters. The van der Waals surface area contributed by atoms with E-state index in [1.807, 2.05) is 19.9 Å². The number of piperidine rings is 1. The largest absolute Gasteiger partial charge is 0.349 e. The van der Waals surface area contributed by atoms with Gasteiger partial charge in [-0.2, -0.15) is 5.10 Å². The molecule has 1 aliphatic carbocycles. The van der Waals surface area contributed by atoms with Gasteiger partial charge in [0, 0.05) is 19.1 Å². The highest BCUT2D eigenvalue weighted by Crippen LogP contribution is 2.44. The van der Waals surface area contributed by atoms with E-state index in [4.69, 9.17) is 0 Å². The summed E-state index contributed by atoms with van der Waals surface area (Å²) in [6.07, 6.45) is 1.33. The average molecular weight is 248 g/mol. The molecule has 0 spiro atoms. The molecule has 3 atom stereocenters. The van der Waals surface area contributed by atoms with E-state index in [0.29, 0.717) is 11.7 Å². The Morgan fingerprint density at radius 3 is 3.11 bits per heavy atom. The molecule has 18 heavy (non-hydrogen) atoms. The Hall–Kier alpha value is -1.36. The summed E-state index contributed by atoms with van der Waals surface area (Å²) >= 11 is 0. The minimum Gasteiger partial charge on any atom is -0.349 e. The maximum absolute atomic E-state index is 12.1. The molecule has 2 fully saturated rings. The molecule has 1 saturated heterocycles.